The number of thiophene rings is 1. The van der Waals surface area contributed by atoms with E-state index in [2.05, 4.69) is 15.5 Å². The van der Waals surface area contributed by atoms with Crippen molar-refractivity contribution >= 4 is 40.0 Å². The van der Waals surface area contributed by atoms with Crippen molar-refractivity contribution in [1.82, 2.24) is 14.8 Å². The standard InChI is InChI=1S/C24H30N4O4S2/c1-7-28-21(17(6)32-19-11-9-10-14(3)16(19)5)26-27-24(28)33-13-20(29)25-22-18(12-15(4)34-22)23(30)31-8-2/h9-12,17H,7-8,13H2,1-6H3,(H,25,29). The maximum atomic E-state index is 12.6. The van der Waals surface area contributed by atoms with Crippen molar-refractivity contribution in [3.63, 3.8) is 0 Å². The Bertz CT molecular complexity index is 1170. The molecule has 3 aromatic rings. The Morgan fingerprint density at radius 2 is 1.97 bits per heavy atom. The van der Waals surface area contributed by atoms with Gasteiger partial charge in [0.05, 0.1) is 17.9 Å². The smallest absolute Gasteiger partial charge is 0.341 e. The molecule has 1 atom stereocenters. The molecule has 0 aliphatic rings. The van der Waals surface area contributed by atoms with Gasteiger partial charge in [-0.2, -0.15) is 0 Å². The monoisotopic (exact) mass is 502 g/mol. The van der Waals surface area contributed by atoms with Crippen LogP contribution >= 0.6 is 23.1 Å². The van der Waals surface area contributed by atoms with Crippen molar-refractivity contribution < 1.29 is 19.1 Å². The van der Waals surface area contributed by atoms with Gasteiger partial charge in [-0.15, -0.1) is 21.5 Å². The van der Waals surface area contributed by atoms with Gasteiger partial charge >= 0.3 is 5.97 Å². The zero-order valence-electron chi connectivity index (χ0n) is 20.3. The summed E-state index contributed by atoms with van der Waals surface area (Å²) in [5, 5.41) is 12.6. The maximum absolute atomic E-state index is 12.6. The Morgan fingerprint density at radius 1 is 1.21 bits per heavy atom. The number of rotatable bonds is 10. The third-order valence-corrected chi connectivity index (χ3v) is 7.15. The normalized spacial score (nSPS) is 11.8. The Kier molecular flexibility index (Phi) is 8.73. The van der Waals surface area contributed by atoms with Crippen LogP contribution in [0.15, 0.2) is 29.4 Å². The number of benzene rings is 1. The number of hydrogen-bond acceptors (Lipinski definition) is 8. The molecule has 0 aliphatic heterocycles. The van der Waals surface area contributed by atoms with Gasteiger partial charge in [0.15, 0.2) is 17.1 Å². The lowest BCUT2D eigenvalue weighted by atomic mass is 10.1. The quantitative estimate of drug-likeness (QED) is 0.296. The second-order valence-corrected chi connectivity index (χ2v) is 9.90. The van der Waals surface area contributed by atoms with Crippen LogP contribution in [0.25, 0.3) is 0 Å². The molecule has 10 heteroatoms. The SMILES string of the molecule is CCOC(=O)c1cc(C)sc1NC(=O)CSc1nnc(C(C)Oc2cccc(C)c2C)n1CC. The Morgan fingerprint density at radius 3 is 2.68 bits per heavy atom. The molecule has 1 aromatic carbocycles. The molecule has 1 N–H and O–H groups in total. The molecule has 0 saturated heterocycles. The van der Waals surface area contributed by atoms with E-state index in [0.717, 1.165) is 21.8 Å². The molecule has 0 bridgehead atoms. The number of ether oxygens (including phenoxy) is 2. The average Bonchev–Trinajstić information content (AvgIpc) is 3.38. The molecular formula is C24H30N4O4S2. The average molecular weight is 503 g/mol. The van der Waals surface area contributed by atoms with Crippen molar-refractivity contribution in [2.45, 2.75) is 59.3 Å². The van der Waals surface area contributed by atoms with Gasteiger partial charge in [-0.1, -0.05) is 23.9 Å². The van der Waals surface area contributed by atoms with Crippen molar-refractivity contribution in [1.29, 1.82) is 0 Å². The second-order valence-electron chi connectivity index (χ2n) is 7.70. The highest BCUT2D eigenvalue weighted by atomic mass is 32.2. The number of hydrogen-bond donors (Lipinski definition) is 1. The summed E-state index contributed by atoms with van der Waals surface area (Å²) in [6, 6.07) is 7.69. The van der Waals surface area contributed by atoms with E-state index < -0.39 is 5.97 Å². The summed E-state index contributed by atoms with van der Waals surface area (Å²) in [6.07, 6.45) is -0.308. The number of amides is 1. The van der Waals surface area contributed by atoms with E-state index in [9.17, 15) is 9.59 Å². The maximum Gasteiger partial charge on any atom is 0.341 e. The Hall–Kier alpha value is -2.85. The number of nitrogens with one attached hydrogen (secondary N) is 1. The number of aromatic nitrogens is 3. The minimum Gasteiger partial charge on any atom is -0.482 e. The summed E-state index contributed by atoms with van der Waals surface area (Å²) in [6.45, 7) is 12.6. The fraction of sp³-hybridized carbons (Fsp3) is 0.417. The summed E-state index contributed by atoms with van der Waals surface area (Å²) in [4.78, 5) is 25.7. The summed E-state index contributed by atoms with van der Waals surface area (Å²) < 4.78 is 13.2. The van der Waals surface area contributed by atoms with Crippen molar-refractivity contribution in [2.24, 2.45) is 0 Å². The topological polar surface area (TPSA) is 95.3 Å². The van der Waals surface area contributed by atoms with Gasteiger partial charge in [0.25, 0.3) is 0 Å². The third-order valence-electron chi connectivity index (χ3n) is 5.22. The number of nitrogens with zero attached hydrogens (tertiary/aromatic N) is 3. The van der Waals surface area contributed by atoms with Crippen LogP contribution in [0, 0.1) is 20.8 Å². The van der Waals surface area contributed by atoms with Crippen LogP contribution in [0.5, 0.6) is 5.75 Å². The van der Waals surface area contributed by atoms with Gasteiger partial charge < -0.3 is 19.4 Å². The predicted octanol–water partition coefficient (Wildman–Crippen LogP) is 5.33. The van der Waals surface area contributed by atoms with Crippen molar-refractivity contribution in [2.75, 3.05) is 17.7 Å². The van der Waals surface area contributed by atoms with E-state index in [-0.39, 0.29) is 24.4 Å². The highest BCUT2D eigenvalue weighted by Crippen LogP contribution is 2.30. The molecule has 182 valence electrons. The predicted molar refractivity (Wildman–Crippen MR) is 135 cm³/mol. The van der Waals surface area contributed by atoms with Gasteiger partial charge in [0, 0.05) is 11.4 Å². The van der Waals surface area contributed by atoms with Crippen molar-refractivity contribution in [3.8, 4) is 5.75 Å². The van der Waals surface area contributed by atoms with E-state index in [1.165, 1.54) is 23.1 Å². The van der Waals surface area contributed by atoms with Gasteiger partial charge in [0.2, 0.25) is 5.91 Å². The largest absolute Gasteiger partial charge is 0.482 e. The van der Waals surface area contributed by atoms with Crippen LogP contribution in [0.2, 0.25) is 0 Å². The first-order valence-corrected chi connectivity index (χ1v) is 12.9. The van der Waals surface area contributed by atoms with Crippen LogP contribution in [0.1, 0.15) is 59.1 Å². The van der Waals surface area contributed by atoms with Gasteiger partial charge in [0.1, 0.15) is 10.8 Å². The van der Waals surface area contributed by atoms with E-state index >= 15 is 0 Å². The molecule has 8 nitrogen and oxygen atoms in total. The zero-order valence-corrected chi connectivity index (χ0v) is 21.9. The zero-order chi connectivity index (χ0) is 24.8. The van der Waals surface area contributed by atoms with Crippen LogP contribution in [-0.2, 0) is 16.1 Å². The lowest BCUT2D eigenvalue weighted by Gasteiger charge is -2.17. The van der Waals surface area contributed by atoms with Gasteiger partial charge in [-0.3, -0.25) is 4.79 Å². The Labute approximate surface area is 208 Å². The molecule has 34 heavy (non-hydrogen) atoms. The molecule has 0 saturated carbocycles. The minimum atomic E-state index is -0.442. The van der Waals surface area contributed by atoms with E-state index in [1.54, 1.807) is 13.0 Å². The second kappa shape index (κ2) is 11.5. The molecule has 0 spiro atoms. The van der Waals surface area contributed by atoms with Crippen LogP contribution in [0.4, 0.5) is 5.00 Å². The molecule has 2 aromatic heterocycles. The van der Waals surface area contributed by atoms with Crippen LogP contribution in [0.3, 0.4) is 0 Å². The molecule has 0 radical (unpaired) electrons. The molecule has 0 aliphatic carbocycles. The highest BCUT2D eigenvalue weighted by Gasteiger charge is 2.21. The molecule has 3 rings (SSSR count). The van der Waals surface area contributed by atoms with Gasteiger partial charge in [-0.25, -0.2) is 4.79 Å². The summed E-state index contributed by atoms with van der Waals surface area (Å²) in [5.41, 5.74) is 2.63. The first kappa shape index (κ1) is 25.8. The molecule has 0 fully saturated rings. The molecular weight excluding hydrogens is 472 g/mol. The van der Waals surface area contributed by atoms with E-state index in [0.29, 0.717) is 28.1 Å². The number of anilines is 1. The Balaban J connectivity index is 1.66. The third kappa shape index (κ3) is 5.98. The highest BCUT2D eigenvalue weighted by molar-refractivity contribution is 7.99. The molecule has 1 unspecified atom stereocenters. The summed E-state index contributed by atoms with van der Waals surface area (Å²) >= 11 is 2.64. The number of aryl methyl sites for hydroxylation is 2. The fourth-order valence-corrected chi connectivity index (χ4v) is 5.09. The fourth-order valence-electron chi connectivity index (χ4n) is 3.36. The lowest BCUT2D eigenvalue weighted by molar-refractivity contribution is -0.113. The summed E-state index contributed by atoms with van der Waals surface area (Å²) in [5.74, 6) is 0.969. The number of esters is 1. The molecule has 2 heterocycles. The van der Waals surface area contributed by atoms with E-state index in [4.69, 9.17) is 9.47 Å². The van der Waals surface area contributed by atoms with E-state index in [1.807, 2.05) is 57.4 Å². The van der Waals surface area contributed by atoms with Crippen LogP contribution < -0.4 is 10.1 Å². The minimum absolute atomic E-state index is 0.129. The number of carbonyl (C=O) groups excluding carboxylic acids is 2. The first-order valence-electron chi connectivity index (χ1n) is 11.1. The number of carbonyl (C=O) groups is 2. The molecule has 1 amide bonds. The number of thioether (sulfide) groups is 1. The van der Waals surface area contributed by atoms with Gasteiger partial charge in [-0.05, 0) is 64.8 Å². The van der Waals surface area contributed by atoms with Crippen LogP contribution in [-0.4, -0.2) is 39.0 Å². The summed E-state index contributed by atoms with van der Waals surface area (Å²) in [7, 11) is 0. The van der Waals surface area contributed by atoms with Crippen molar-refractivity contribution in [3.05, 3.63) is 51.7 Å². The first-order chi connectivity index (χ1) is 16.2. The lowest BCUT2D eigenvalue weighted by Crippen LogP contribution is -2.17.